The fourth-order valence-corrected chi connectivity index (χ4v) is 3.31. The lowest BCUT2D eigenvalue weighted by atomic mass is 9.98. The quantitative estimate of drug-likeness (QED) is 0.833. The predicted molar refractivity (Wildman–Crippen MR) is 95.7 cm³/mol. The molecule has 24 heavy (non-hydrogen) atoms. The average Bonchev–Trinajstić information content (AvgIpc) is 3.44. The van der Waals surface area contributed by atoms with E-state index in [4.69, 9.17) is 15.2 Å². The molecule has 0 unspecified atom stereocenters. The highest BCUT2D eigenvalue weighted by Crippen LogP contribution is 2.45. The van der Waals surface area contributed by atoms with Gasteiger partial charge < -0.3 is 15.2 Å². The molecule has 5 nitrogen and oxygen atoms in total. The van der Waals surface area contributed by atoms with Crippen LogP contribution in [0.5, 0.6) is 11.5 Å². The topological polar surface area (TPSA) is 81.2 Å². The number of pyridine rings is 1. The first-order valence-electron chi connectivity index (χ1n) is 7.63. The molecule has 3 rings (SSSR count). The van der Waals surface area contributed by atoms with Crippen LogP contribution in [0.4, 0.5) is 5.82 Å². The Labute approximate surface area is 145 Å². The van der Waals surface area contributed by atoms with Crippen molar-refractivity contribution >= 4 is 17.6 Å². The number of thioether (sulfide) groups is 1. The summed E-state index contributed by atoms with van der Waals surface area (Å²) in [6.45, 7) is 0. The van der Waals surface area contributed by atoms with E-state index in [9.17, 15) is 5.26 Å². The number of anilines is 1. The Hall–Kier alpha value is -2.39. The molecule has 1 fully saturated rings. The highest BCUT2D eigenvalue weighted by atomic mass is 32.2. The summed E-state index contributed by atoms with van der Waals surface area (Å²) in [5.74, 6) is 2.14. The van der Waals surface area contributed by atoms with Crippen molar-refractivity contribution in [2.75, 3.05) is 26.2 Å². The Morgan fingerprint density at radius 3 is 2.42 bits per heavy atom. The van der Waals surface area contributed by atoms with Gasteiger partial charge in [0.1, 0.15) is 28.9 Å². The van der Waals surface area contributed by atoms with Crippen molar-refractivity contribution in [2.24, 2.45) is 0 Å². The molecule has 0 amide bonds. The van der Waals surface area contributed by atoms with Crippen LogP contribution in [0.15, 0.2) is 23.1 Å². The fraction of sp³-hybridized carbons (Fsp3) is 0.333. The summed E-state index contributed by atoms with van der Waals surface area (Å²) >= 11 is 1.58. The highest BCUT2D eigenvalue weighted by Gasteiger charge is 2.28. The van der Waals surface area contributed by atoms with E-state index in [1.54, 1.807) is 26.0 Å². The number of ether oxygens (including phenoxy) is 2. The summed E-state index contributed by atoms with van der Waals surface area (Å²) in [6, 6.07) is 7.96. The number of nitrogens with zero attached hydrogens (tertiary/aromatic N) is 2. The summed E-state index contributed by atoms with van der Waals surface area (Å²) in [5, 5.41) is 9.55. The van der Waals surface area contributed by atoms with Crippen LogP contribution >= 0.6 is 11.8 Å². The van der Waals surface area contributed by atoms with Crippen LogP contribution < -0.4 is 15.2 Å². The lowest BCUT2D eigenvalue weighted by Crippen LogP contribution is -2.02. The maximum atomic E-state index is 9.55. The van der Waals surface area contributed by atoms with Gasteiger partial charge in [-0.1, -0.05) is 0 Å². The standard InChI is InChI=1S/C18H19N3O2S/c1-22-15-8-17(24-3)16(23-2)7-12(15)11-6-14(10-4-5-10)21-18(20)13(11)9-19/h6-8,10H,4-5H2,1-3H3,(H2,20,21). The van der Waals surface area contributed by atoms with E-state index in [0.717, 1.165) is 40.3 Å². The predicted octanol–water partition coefficient (Wildman–Crippen LogP) is 3.82. The number of benzene rings is 1. The zero-order chi connectivity index (χ0) is 17.3. The molecule has 1 aromatic heterocycles. The van der Waals surface area contributed by atoms with E-state index in [2.05, 4.69) is 11.1 Å². The molecule has 6 heteroatoms. The molecule has 1 heterocycles. The maximum absolute atomic E-state index is 9.55. The second kappa shape index (κ2) is 6.62. The van der Waals surface area contributed by atoms with Crippen LogP contribution in [0.25, 0.3) is 11.1 Å². The molecule has 0 saturated heterocycles. The van der Waals surface area contributed by atoms with Gasteiger partial charge in [0.25, 0.3) is 0 Å². The first-order valence-corrected chi connectivity index (χ1v) is 8.86. The zero-order valence-corrected chi connectivity index (χ0v) is 14.7. The third-order valence-corrected chi connectivity index (χ3v) is 4.93. The lowest BCUT2D eigenvalue weighted by Gasteiger charge is -2.16. The summed E-state index contributed by atoms with van der Waals surface area (Å²) in [6.07, 6.45) is 4.21. The van der Waals surface area contributed by atoms with E-state index in [1.165, 1.54) is 0 Å². The monoisotopic (exact) mass is 341 g/mol. The normalized spacial score (nSPS) is 13.4. The van der Waals surface area contributed by atoms with Crippen LogP contribution in [0.2, 0.25) is 0 Å². The average molecular weight is 341 g/mol. The van der Waals surface area contributed by atoms with E-state index in [1.807, 2.05) is 24.5 Å². The van der Waals surface area contributed by atoms with Crippen LogP contribution in [0.3, 0.4) is 0 Å². The zero-order valence-electron chi connectivity index (χ0n) is 13.9. The van der Waals surface area contributed by atoms with E-state index in [0.29, 0.717) is 17.2 Å². The number of nitriles is 1. The largest absolute Gasteiger partial charge is 0.496 e. The van der Waals surface area contributed by atoms with Gasteiger partial charge in [-0.15, -0.1) is 11.8 Å². The van der Waals surface area contributed by atoms with Gasteiger partial charge >= 0.3 is 0 Å². The molecule has 0 aliphatic heterocycles. The Bertz CT molecular complexity index is 826. The Morgan fingerprint density at radius 2 is 1.88 bits per heavy atom. The molecule has 0 atom stereocenters. The number of methoxy groups -OCH3 is 2. The molecular formula is C18H19N3O2S. The van der Waals surface area contributed by atoms with E-state index < -0.39 is 0 Å². The number of nitrogens with two attached hydrogens (primary N) is 1. The first-order chi connectivity index (χ1) is 11.6. The molecule has 1 saturated carbocycles. The minimum Gasteiger partial charge on any atom is -0.496 e. The van der Waals surface area contributed by atoms with Crippen molar-refractivity contribution in [3.63, 3.8) is 0 Å². The van der Waals surface area contributed by atoms with Gasteiger partial charge in [0.2, 0.25) is 0 Å². The molecule has 1 aliphatic carbocycles. The van der Waals surface area contributed by atoms with Crippen molar-refractivity contribution in [1.82, 2.24) is 4.98 Å². The van der Waals surface area contributed by atoms with Crippen molar-refractivity contribution in [3.05, 3.63) is 29.5 Å². The minimum absolute atomic E-state index is 0.270. The van der Waals surface area contributed by atoms with Crippen molar-refractivity contribution in [1.29, 1.82) is 5.26 Å². The van der Waals surface area contributed by atoms with E-state index in [-0.39, 0.29) is 5.82 Å². The first kappa shape index (κ1) is 16.5. The van der Waals surface area contributed by atoms with Crippen molar-refractivity contribution in [2.45, 2.75) is 23.7 Å². The third kappa shape index (κ3) is 2.87. The van der Waals surface area contributed by atoms with Gasteiger partial charge in [0.15, 0.2) is 0 Å². The second-order valence-electron chi connectivity index (χ2n) is 5.65. The summed E-state index contributed by atoms with van der Waals surface area (Å²) in [4.78, 5) is 5.38. The molecule has 124 valence electrons. The minimum atomic E-state index is 0.270. The second-order valence-corrected chi connectivity index (χ2v) is 6.50. The van der Waals surface area contributed by atoms with Crippen LogP contribution in [-0.4, -0.2) is 25.5 Å². The van der Waals surface area contributed by atoms with Crippen molar-refractivity contribution < 1.29 is 9.47 Å². The number of rotatable bonds is 5. The van der Waals surface area contributed by atoms with E-state index >= 15 is 0 Å². The van der Waals surface area contributed by atoms with Crippen molar-refractivity contribution in [3.8, 4) is 28.7 Å². The third-order valence-electron chi connectivity index (χ3n) is 4.17. The lowest BCUT2D eigenvalue weighted by molar-refractivity contribution is 0.395. The summed E-state index contributed by atoms with van der Waals surface area (Å²) in [7, 11) is 3.25. The smallest absolute Gasteiger partial charge is 0.142 e. The molecule has 0 bridgehead atoms. The number of hydrogen-bond acceptors (Lipinski definition) is 6. The van der Waals surface area contributed by atoms with Crippen LogP contribution in [-0.2, 0) is 0 Å². The van der Waals surface area contributed by atoms with Gasteiger partial charge in [-0.25, -0.2) is 4.98 Å². The molecule has 1 aromatic carbocycles. The van der Waals surface area contributed by atoms with Gasteiger partial charge in [-0.2, -0.15) is 5.26 Å². The van der Waals surface area contributed by atoms with Gasteiger partial charge in [0, 0.05) is 22.7 Å². The molecule has 2 N–H and O–H groups in total. The van der Waals surface area contributed by atoms with Crippen LogP contribution in [0, 0.1) is 11.3 Å². The highest BCUT2D eigenvalue weighted by molar-refractivity contribution is 7.98. The maximum Gasteiger partial charge on any atom is 0.142 e. The molecule has 2 aromatic rings. The Morgan fingerprint density at radius 1 is 1.17 bits per heavy atom. The van der Waals surface area contributed by atoms with Crippen LogP contribution in [0.1, 0.15) is 30.0 Å². The van der Waals surface area contributed by atoms with Gasteiger partial charge in [0.05, 0.1) is 19.1 Å². The number of aromatic nitrogens is 1. The van der Waals surface area contributed by atoms with Gasteiger partial charge in [-0.05, 0) is 37.3 Å². The summed E-state index contributed by atoms with van der Waals surface area (Å²) in [5.41, 5.74) is 8.89. The SMILES string of the molecule is COc1cc(-c2cc(C3CC3)nc(N)c2C#N)c(OC)cc1SC. The molecule has 0 radical (unpaired) electrons. The Kier molecular flexibility index (Phi) is 4.54. The molecule has 0 spiro atoms. The number of hydrogen-bond donors (Lipinski definition) is 1. The number of nitrogen functional groups attached to an aromatic ring is 1. The molecule has 1 aliphatic rings. The van der Waals surface area contributed by atoms with Gasteiger partial charge in [-0.3, -0.25) is 0 Å². The summed E-state index contributed by atoms with van der Waals surface area (Å²) < 4.78 is 11.0. The Balaban J connectivity index is 2.26. The fourth-order valence-electron chi connectivity index (χ4n) is 2.74. The molecular weight excluding hydrogens is 322 g/mol.